The van der Waals surface area contributed by atoms with Gasteiger partial charge in [-0.05, 0) is 67.0 Å². The van der Waals surface area contributed by atoms with Crippen LogP contribution in [0.5, 0.6) is 0 Å². The van der Waals surface area contributed by atoms with Crippen LogP contribution < -0.4 is 5.32 Å². The van der Waals surface area contributed by atoms with E-state index in [2.05, 4.69) is 21.7 Å². The van der Waals surface area contributed by atoms with Gasteiger partial charge in [0.1, 0.15) is 0 Å². The predicted octanol–water partition coefficient (Wildman–Crippen LogP) is 3.23. The minimum Gasteiger partial charge on any atom is -0.326 e. The number of carbonyl (C=O) groups excluding carboxylic acids is 1. The summed E-state index contributed by atoms with van der Waals surface area (Å²) in [5, 5.41) is 4.87. The number of hydrogen-bond acceptors (Lipinski definition) is 5. The van der Waals surface area contributed by atoms with Gasteiger partial charge in [-0.1, -0.05) is 0 Å². The van der Waals surface area contributed by atoms with Crippen LogP contribution in [0.15, 0.2) is 34.5 Å². The second-order valence-electron chi connectivity index (χ2n) is 7.89. The molecule has 0 saturated carbocycles. The van der Waals surface area contributed by atoms with Crippen molar-refractivity contribution < 1.29 is 13.2 Å². The van der Waals surface area contributed by atoms with Gasteiger partial charge in [0.15, 0.2) is 0 Å². The number of aryl methyl sites for hydroxylation is 1. The van der Waals surface area contributed by atoms with Gasteiger partial charge >= 0.3 is 0 Å². The molecule has 2 aromatic rings. The Hall–Kier alpha value is -1.74. The van der Waals surface area contributed by atoms with Crippen molar-refractivity contribution in [1.82, 2.24) is 9.21 Å². The highest BCUT2D eigenvalue weighted by atomic mass is 32.2. The molecule has 0 bridgehead atoms. The first-order chi connectivity index (χ1) is 13.8. The van der Waals surface area contributed by atoms with Crippen molar-refractivity contribution in [2.45, 2.75) is 50.6 Å². The molecular weight excluding hydrogens is 406 g/mol. The highest BCUT2D eigenvalue weighted by molar-refractivity contribution is 7.89. The maximum atomic E-state index is 13.2. The van der Waals surface area contributed by atoms with Gasteiger partial charge in [-0.15, -0.1) is 11.3 Å². The number of benzene rings is 1. The summed E-state index contributed by atoms with van der Waals surface area (Å²) in [4.78, 5) is 15.6. The van der Waals surface area contributed by atoms with E-state index in [1.165, 1.54) is 17.4 Å². The molecule has 1 aromatic carbocycles. The molecule has 0 radical (unpaired) electrons. The van der Waals surface area contributed by atoms with Crippen molar-refractivity contribution in [2.24, 2.45) is 0 Å². The largest absolute Gasteiger partial charge is 0.326 e. The second kappa shape index (κ2) is 8.18. The number of amides is 1. The molecule has 29 heavy (non-hydrogen) atoms. The van der Waals surface area contributed by atoms with E-state index >= 15 is 0 Å². The number of anilines is 1. The van der Waals surface area contributed by atoms with E-state index in [9.17, 15) is 13.2 Å². The van der Waals surface area contributed by atoms with E-state index in [4.69, 9.17) is 0 Å². The molecule has 0 unspecified atom stereocenters. The molecular formula is C21H27N3O3S2. The van der Waals surface area contributed by atoms with Crippen LogP contribution in [0.4, 0.5) is 5.69 Å². The van der Waals surface area contributed by atoms with Crippen LogP contribution in [0, 0.1) is 6.92 Å². The molecule has 1 amide bonds. The number of thiophene rings is 1. The summed E-state index contributed by atoms with van der Waals surface area (Å²) < 4.78 is 28.0. The summed E-state index contributed by atoms with van der Waals surface area (Å²) in [7, 11) is -3.53. The first-order valence-electron chi connectivity index (χ1n) is 10.0. The highest BCUT2D eigenvalue weighted by Gasteiger charge is 2.33. The SMILES string of the molecule is CC(=O)Nc1ccc(S(=O)(=O)N2CCC(N3CCc4sccc4C3)CC2)c(C)c1. The molecule has 3 heterocycles. The van der Waals surface area contributed by atoms with E-state index < -0.39 is 10.0 Å². The van der Waals surface area contributed by atoms with Crippen LogP contribution >= 0.6 is 11.3 Å². The van der Waals surface area contributed by atoms with Crippen molar-refractivity contribution in [2.75, 3.05) is 25.0 Å². The molecule has 0 spiro atoms. The lowest BCUT2D eigenvalue weighted by Gasteiger charge is -2.39. The lowest BCUT2D eigenvalue weighted by molar-refractivity contribution is -0.114. The third kappa shape index (κ3) is 4.26. The Bertz CT molecular complexity index is 1010. The van der Waals surface area contributed by atoms with Crippen molar-refractivity contribution >= 4 is 33.0 Å². The van der Waals surface area contributed by atoms with Crippen molar-refractivity contribution in [1.29, 1.82) is 0 Å². The molecule has 1 N–H and O–H groups in total. The minimum atomic E-state index is -3.53. The van der Waals surface area contributed by atoms with Crippen LogP contribution in [0.2, 0.25) is 0 Å². The van der Waals surface area contributed by atoms with E-state index in [1.807, 2.05) is 11.3 Å². The van der Waals surface area contributed by atoms with Gasteiger partial charge in [-0.3, -0.25) is 9.69 Å². The number of carbonyl (C=O) groups is 1. The van der Waals surface area contributed by atoms with Gasteiger partial charge in [-0.2, -0.15) is 4.31 Å². The number of fused-ring (bicyclic) bond motifs is 1. The van der Waals surface area contributed by atoms with Gasteiger partial charge < -0.3 is 5.32 Å². The fourth-order valence-electron chi connectivity index (χ4n) is 4.39. The first-order valence-corrected chi connectivity index (χ1v) is 12.3. The Morgan fingerprint density at radius 3 is 2.62 bits per heavy atom. The monoisotopic (exact) mass is 433 g/mol. The van der Waals surface area contributed by atoms with Gasteiger partial charge in [-0.25, -0.2) is 8.42 Å². The molecule has 0 aliphatic carbocycles. The molecule has 0 atom stereocenters. The minimum absolute atomic E-state index is 0.172. The molecule has 1 saturated heterocycles. The van der Waals surface area contributed by atoms with Crippen molar-refractivity contribution in [3.8, 4) is 0 Å². The molecule has 8 heteroatoms. The smallest absolute Gasteiger partial charge is 0.243 e. The highest BCUT2D eigenvalue weighted by Crippen LogP contribution is 2.30. The van der Waals surface area contributed by atoms with Gasteiger partial charge in [0, 0.05) is 49.7 Å². The van der Waals surface area contributed by atoms with Crippen LogP contribution in [0.25, 0.3) is 0 Å². The quantitative estimate of drug-likeness (QED) is 0.804. The fraction of sp³-hybridized carbons (Fsp3) is 0.476. The van der Waals surface area contributed by atoms with Crippen LogP contribution in [0.1, 0.15) is 35.8 Å². The lowest BCUT2D eigenvalue weighted by Crippen LogP contribution is -2.47. The Morgan fingerprint density at radius 2 is 1.93 bits per heavy atom. The summed E-state index contributed by atoms with van der Waals surface area (Å²) in [6, 6.07) is 7.63. The molecule has 6 nitrogen and oxygen atoms in total. The number of hydrogen-bond donors (Lipinski definition) is 1. The average molecular weight is 434 g/mol. The standard InChI is InChI=1S/C21H27N3O3S2/c1-15-13-18(22-16(2)25)3-4-21(15)29(26,27)24-10-5-19(6-11-24)23-9-7-20-17(14-23)8-12-28-20/h3-4,8,12-13,19H,5-7,9-11,14H2,1-2H3,(H,22,25). The maximum absolute atomic E-state index is 13.2. The molecule has 1 fully saturated rings. The van der Waals surface area contributed by atoms with Crippen LogP contribution in [-0.2, 0) is 27.8 Å². The third-order valence-electron chi connectivity index (χ3n) is 5.89. The molecule has 156 valence electrons. The van der Waals surface area contributed by atoms with Crippen LogP contribution in [0.3, 0.4) is 0 Å². The number of nitrogens with zero attached hydrogens (tertiary/aromatic N) is 2. The van der Waals surface area contributed by atoms with Gasteiger partial charge in [0.2, 0.25) is 15.9 Å². The molecule has 2 aliphatic heterocycles. The summed E-state index contributed by atoms with van der Waals surface area (Å²) in [6.45, 7) is 6.36. The van der Waals surface area contributed by atoms with Crippen LogP contribution in [-0.4, -0.2) is 49.2 Å². The van der Waals surface area contributed by atoms with E-state index in [-0.39, 0.29) is 5.91 Å². The zero-order valence-corrected chi connectivity index (χ0v) is 18.5. The average Bonchev–Trinajstić information content (AvgIpc) is 3.15. The molecule has 4 rings (SSSR count). The Balaban J connectivity index is 1.42. The second-order valence-corrected chi connectivity index (χ2v) is 10.8. The first kappa shape index (κ1) is 20.5. The molecule has 1 aromatic heterocycles. The van der Waals surface area contributed by atoms with Crippen molar-refractivity contribution in [3.63, 3.8) is 0 Å². The Kier molecular flexibility index (Phi) is 5.79. The topological polar surface area (TPSA) is 69.7 Å². The normalized spacial score (nSPS) is 19.1. The van der Waals surface area contributed by atoms with Crippen molar-refractivity contribution in [3.05, 3.63) is 45.6 Å². The van der Waals surface area contributed by atoms with E-state index in [1.54, 1.807) is 29.4 Å². The number of sulfonamides is 1. The van der Waals surface area contributed by atoms with Gasteiger partial charge in [0.25, 0.3) is 0 Å². The number of piperidine rings is 1. The summed E-state index contributed by atoms with van der Waals surface area (Å²) in [6.07, 6.45) is 2.83. The fourth-order valence-corrected chi connectivity index (χ4v) is 6.95. The zero-order valence-electron chi connectivity index (χ0n) is 16.8. The lowest BCUT2D eigenvalue weighted by atomic mass is 10.0. The van der Waals surface area contributed by atoms with E-state index in [0.29, 0.717) is 35.3 Å². The summed E-state index contributed by atoms with van der Waals surface area (Å²) >= 11 is 1.84. The maximum Gasteiger partial charge on any atom is 0.243 e. The summed E-state index contributed by atoms with van der Waals surface area (Å²) in [5.41, 5.74) is 2.70. The summed E-state index contributed by atoms with van der Waals surface area (Å²) in [5.74, 6) is -0.172. The molecule has 2 aliphatic rings. The third-order valence-corrected chi connectivity index (χ3v) is 8.97. The van der Waals surface area contributed by atoms with E-state index in [0.717, 1.165) is 32.4 Å². The Morgan fingerprint density at radius 1 is 1.17 bits per heavy atom. The Labute approximate surface area is 176 Å². The predicted molar refractivity (Wildman–Crippen MR) is 116 cm³/mol. The zero-order chi connectivity index (χ0) is 20.6. The van der Waals surface area contributed by atoms with Gasteiger partial charge in [0.05, 0.1) is 4.90 Å². The number of nitrogens with one attached hydrogen (secondary N) is 1. The number of rotatable bonds is 4.